The molecule has 122 valence electrons. The van der Waals surface area contributed by atoms with Gasteiger partial charge in [0.2, 0.25) is 0 Å². The highest BCUT2D eigenvalue weighted by Gasteiger charge is 2.04. The number of hydrogen-bond donors (Lipinski definition) is 1. The lowest BCUT2D eigenvalue weighted by atomic mass is 10.2. The molecule has 0 spiro atoms. The molecule has 4 heteroatoms. The van der Waals surface area contributed by atoms with Crippen molar-refractivity contribution in [1.29, 1.82) is 0 Å². The van der Waals surface area contributed by atoms with Crippen LogP contribution in [0.25, 0.3) is 0 Å². The van der Waals surface area contributed by atoms with E-state index < -0.39 is 0 Å². The van der Waals surface area contributed by atoms with E-state index in [2.05, 4.69) is 36.5 Å². The number of aryl methyl sites for hydroxylation is 1. The van der Waals surface area contributed by atoms with Crippen LogP contribution in [0.5, 0.6) is 5.75 Å². The van der Waals surface area contributed by atoms with Crippen molar-refractivity contribution in [2.24, 2.45) is 0 Å². The van der Waals surface area contributed by atoms with E-state index in [1.54, 1.807) is 12.1 Å². The molecule has 2 aromatic rings. The number of carbonyl (C=O) groups is 1. The van der Waals surface area contributed by atoms with Crippen molar-refractivity contribution >= 4 is 17.7 Å². The fraction of sp³-hybridized carbons (Fsp3) is 0.316. The first-order valence-electron chi connectivity index (χ1n) is 7.83. The van der Waals surface area contributed by atoms with Gasteiger partial charge in [0, 0.05) is 23.6 Å². The van der Waals surface area contributed by atoms with Gasteiger partial charge >= 0.3 is 0 Å². The number of amides is 1. The van der Waals surface area contributed by atoms with Crippen LogP contribution in [-0.2, 0) is 5.75 Å². The summed E-state index contributed by atoms with van der Waals surface area (Å²) < 4.78 is 5.37. The Hall–Kier alpha value is -1.94. The van der Waals surface area contributed by atoms with Crippen molar-refractivity contribution in [2.45, 2.75) is 19.6 Å². The van der Waals surface area contributed by atoms with Crippen LogP contribution in [0.15, 0.2) is 48.5 Å². The lowest BCUT2D eigenvalue weighted by Crippen LogP contribution is -2.25. The Balaban J connectivity index is 1.68. The van der Waals surface area contributed by atoms with Crippen molar-refractivity contribution in [3.8, 4) is 5.75 Å². The van der Waals surface area contributed by atoms with E-state index in [1.807, 2.05) is 30.8 Å². The van der Waals surface area contributed by atoms with Gasteiger partial charge in [0.05, 0.1) is 6.61 Å². The van der Waals surface area contributed by atoms with Gasteiger partial charge in [-0.3, -0.25) is 4.79 Å². The molecule has 2 rings (SSSR count). The first kappa shape index (κ1) is 17.4. The zero-order chi connectivity index (χ0) is 16.5. The maximum Gasteiger partial charge on any atom is 0.251 e. The van der Waals surface area contributed by atoms with Gasteiger partial charge in [-0.1, -0.05) is 29.8 Å². The average Bonchev–Trinajstić information content (AvgIpc) is 2.55. The van der Waals surface area contributed by atoms with Gasteiger partial charge in [-0.25, -0.2) is 0 Å². The number of nitrogens with one attached hydrogen (secondary N) is 1. The Morgan fingerprint density at radius 1 is 1.17 bits per heavy atom. The Morgan fingerprint density at radius 2 is 1.96 bits per heavy atom. The largest absolute Gasteiger partial charge is 0.494 e. The summed E-state index contributed by atoms with van der Waals surface area (Å²) in [5.41, 5.74) is 3.27. The van der Waals surface area contributed by atoms with Crippen LogP contribution in [-0.4, -0.2) is 24.8 Å². The lowest BCUT2D eigenvalue weighted by Gasteiger charge is -2.07. The first-order valence-corrected chi connectivity index (χ1v) is 8.99. The third-order valence-electron chi connectivity index (χ3n) is 3.31. The molecule has 0 bridgehead atoms. The van der Waals surface area contributed by atoms with Gasteiger partial charge in [-0.2, -0.15) is 11.8 Å². The van der Waals surface area contributed by atoms with Crippen LogP contribution in [0.4, 0.5) is 0 Å². The molecule has 1 amide bonds. The molecule has 0 aliphatic carbocycles. The number of ether oxygens (including phenoxy) is 1. The topological polar surface area (TPSA) is 38.3 Å². The molecule has 0 aliphatic heterocycles. The minimum atomic E-state index is -0.0378. The number of benzene rings is 2. The monoisotopic (exact) mass is 329 g/mol. The fourth-order valence-corrected chi connectivity index (χ4v) is 3.01. The highest BCUT2D eigenvalue weighted by atomic mass is 32.2. The molecule has 2 aromatic carbocycles. The van der Waals surface area contributed by atoms with Gasteiger partial charge in [0.15, 0.2) is 0 Å². The quantitative estimate of drug-likeness (QED) is 0.742. The zero-order valence-electron chi connectivity index (χ0n) is 13.7. The Kier molecular flexibility index (Phi) is 7.01. The second kappa shape index (κ2) is 9.26. The number of thioether (sulfide) groups is 1. The van der Waals surface area contributed by atoms with E-state index in [0.29, 0.717) is 18.7 Å². The maximum absolute atomic E-state index is 12.0. The number of rotatable bonds is 8. The van der Waals surface area contributed by atoms with Crippen LogP contribution in [0.3, 0.4) is 0 Å². The van der Waals surface area contributed by atoms with Gasteiger partial charge in [0.25, 0.3) is 5.91 Å². The van der Waals surface area contributed by atoms with Crippen molar-refractivity contribution in [3.63, 3.8) is 0 Å². The summed E-state index contributed by atoms with van der Waals surface area (Å²) in [5.74, 6) is 2.62. The summed E-state index contributed by atoms with van der Waals surface area (Å²) in [5, 5.41) is 2.95. The molecule has 1 N–H and O–H groups in total. The summed E-state index contributed by atoms with van der Waals surface area (Å²) in [7, 11) is 0. The molecule has 0 saturated carbocycles. The van der Waals surface area contributed by atoms with E-state index in [0.717, 1.165) is 17.3 Å². The number of carbonyl (C=O) groups excluding carboxylic acids is 1. The van der Waals surface area contributed by atoms with E-state index in [4.69, 9.17) is 4.74 Å². The van der Waals surface area contributed by atoms with Gasteiger partial charge in [-0.15, -0.1) is 0 Å². The first-order chi connectivity index (χ1) is 11.2. The van der Waals surface area contributed by atoms with Crippen molar-refractivity contribution < 1.29 is 9.53 Å². The second-order valence-electron chi connectivity index (χ2n) is 5.25. The fourth-order valence-electron chi connectivity index (χ4n) is 2.20. The smallest absolute Gasteiger partial charge is 0.251 e. The van der Waals surface area contributed by atoms with E-state index in [-0.39, 0.29) is 5.91 Å². The van der Waals surface area contributed by atoms with Crippen LogP contribution in [0.2, 0.25) is 0 Å². The Bertz CT molecular complexity index is 626. The van der Waals surface area contributed by atoms with Crippen molar-refractivity contribution in [2.75, 3.05) is 18.9 Å². The van der Waals surface area contributed by atoms with E-state index in [1.165, 1.54) is 11.1 Å². The third-order valence-corrected chi connectivity index (χ3v) is 4.34. The highest BCUT2D eigenvalue weighted by molar-refractivity contribution is 7.98. The minimum absolute atomic E-state index is 0.0378. The summed E-state index contributed by atoms with van der Waals surface area (Å²) >= 11 is 1.83. The average molecular weight is 329 g/mol. The molecule has 0 atom stereocenters. The predicted molar refractivity (Wildman–Crippen MR) is 97.3 cm³/mol. The van der Waals surface area contributed by atoms with E-state index in [9.17, 15) is 4.79 Å². The van der Waals surface area contributed by atoms with E-state index >= 15 is 0 Å². The molecule has 0 radical (unpaired) electrons. The molecule has 0 heterocycles. The molecule has 0 aliphatic rings. The highest BCUT2D eigenvalue weighted by Crippen LogP contribution is 2.14. The van der Waals surface area contributed by atoms with Crippen LogP contribution in [0.1, 0.15) is 28.4 Å². The van der Waals surface area contributed by atoms with Gasteiger partial charge < -0.3 is 10.1 Å². The minimum Gasteiger partial charge on any atom is -0.494 e. The molecular weight excluding hydrogens is 306 g/mol. The molecule has 0 aromatic heterocycles. The lowest BCUT2D eigenvalue weighted by molar-refractivity contribution is 0.0956. The SMILES string of the molecule is CCOc1ccc(C(=O)NCCSCc2cccc(C)c2)cc1. The third kappa shape index (κ3) is 5.99. The second-order valence-corrected chi connectivity index (χ2v) is 6.36. The van der Waals surface area contributed by atoms with Crippen LogP contribution < -0.4 is 10.1 Å². The maximum atomic E-state index is 12.0. The van der Waals surface area contributed by atoms with Crippen LogP contribution in [0, 0.1) is 6.92 Å². The zero-order valence-corrected chi connectivity index (χ0v) is 14.5. The standard InChI is InChI=1S/C19H23NO2S/c1-3-22-18-9-7-17(8-10-18)19(21)20-11-12-23-14-16-6-4-5-15(2)13-16/h4-10,13H,3,11-12,14H2,1-2H3,(H,20,21). The molecule has 23 heavy (non-hydrogen) atoms. The Labute approximate surface area is 142 Å². The molecule has 0 unspecified atom stereocenters. The Morgan fingerprint density at radius 3 is 2.65 bits per heavy atom. The summed E-state index contributed by atoms with van der Waals surface area (Å²) in [6.45, 7) is 5.34. The van der Waals surface area contributed by atoms with Crippen molar-refractivity contribution in [3.05, 3.63) is 65.2 Å². The van der Waals surface area contributed by atoms with Crippen LogP contribution >= 0.6 is 11.8 Å². The summed E-state index contributed by atoms with van der Waals surface area (Å²) in [6, 6.07) is 15.8. The molecular formula is C19H23NO2S. The summed E-state index contributed by atoms with van der Waals surface area (Å²) in [6.07, 6.45) is 0. The predicted octanol–water partition coefficient (Wildman–Crippen LogP) is 4.06. The molecule has 0 fully saturated rings. The van der Waals surface area contributed by atoms with Gasteiger partial charge in [-0.05, 0) is 43.7 Å². The van der Waals surface area contributed by atoms with Crippen molar-refractivity contribution in [1.82, 2.24) is 5.32 Å². The summed E-state index contributed by atoms with van der Waals surface area (Å²) in [4.78, 5) is 12.0. The molecule has 0 saturated heterocycles. The normalized spacial score (nSPS) is 10.3. The number of hydrogen-bond acceptors (Lipinski definition) is 3. The van der Waals surface area contributed by atoms with Gasteiger partial charge in [0.1, 0.15) is 5.75 Å². The molecule has 3 nitrogen and oxygen atoms in total.